The molecule has 164 valence electrons. The minimum absolute atomic E-state index is 0.0998. The van der Waals surface area contributed by atoms with E-state index in [2.05, 4.69) is 22.5 Å². The molecule has 1 unspecified atom stereocenters. The molecule has 3 aromatic carbocycles. The number of ether oxygens (including phenoxy) is 1. The molecule has 1 aliphatic rings. The van der Waals surface area contributed by atoms with Gasteiger partial charge in [-0.3, -0.25) is 9.59 Å². The molecule has 0 spiro atoms. The summed E-state index contributed by atoms with van der Waals surface area (Å²) in [5, 5.41) is 0.438. The van der Waals surface area contributed by atoms with Gasteiger partial charge in [0.2, 0.25) is 5.76 Å². The predicted molar refractivity (Wildman–Crippen MR) is 130 cm³/mol. The first-order valence-electron chi connectivity index (χ1n) is 10.5. The molecular weight excluding hydrogens is 482 g/mol. The van der Waals surface area contributed by atoms with Crippen molar-refractivity contribution >= 4 is 32.8 Å². The lowest BCUT2D eigenvalue weighted by molar-refractivity contribution is 0.0714. The number of hydrogen-bond acceptors (Lipinski definition) is 4. The number of rotatable bonds is 6. The number of carbonyl (C=O) groups is 1. The molecule has 6 heteroatoms. The highest BCUT2D eigenvalue weighted by molar-refractivity contribution is 9.10. The van der Waals surface area contributed by atoms with Crippen LogP contribution in [0.3, 0.4) is 0 Å². The first kappa shape index (κ1) is 21.2. The molecule has 33 heavy (non-hydrogen) atoms. The number of fused-ring (bicyclic) bond motifs is 2. The number of halogens is 1. The van der Waals surface area contributed by atoms with Gasteiger partial charge in [0.1, 0.15) is 17.9 Å². The summed E-state index contributed by atoms with van der Waals surface area (Å²) in [6, 6.07) is 21.8. The van der Waals surface area contributed by atoms with Gasteiger partial charge in [0, 0.05) is 11.0 Å². The van der Waals surface area contributed by atoms with Gasteiger partial charge < -0.3 is 14.1 Å². The summed E-state index contributed by atoms with van der Waals surface area (Å²) >= 11 is 3.42. The molecule has 1 aromatic heterocycles. The lowest BCUT2D eigenvalue weighted by atomic mass is 9.98. The summed E-state index contributed by atoms with van der Waals surface area (Å²) in [4.78, 5) is 28.8. The van der Waals surface area contributed by atoms with E-state index in [1.54, 1.807) is 29.2 Å². The maximum absolute atomic E-state index is 13.6. The van der Waals surface area contributed by atoms with Crippen molar-refractivity contribution in [3.63, 3.8) is 0 Å². The van der Waals surface area contributed by atoms with Gasteiger partial charge in [0.05, 0.1) is 17.0 Å². The quantitative estimate of drug-likeness (QED) is 0.310. The molecule has 1 aliphatic heterocycles. The Balaban J connectivity index is 1.66. The molecule has 1 atom stereocenters. The van der Waals surface area contributed by atoms with Gasteiger partial charge in [0.15, 0.2) is 5.43 Å². The lowest BCUT2D eigenvalue weighted by Gasteiger charge is -2.25. The second kappa shape index (κ2) is 8.71. The average Bonchev–Trinajstić information content (AvgIpc) is 3.11. The molecule has 0 N–H and O–H groups in total. The highest BCUT2D eigenvalue weighted by Gasteiger charge is 2.42. The molecule has 0 bridgehead atoms. The van der Waals surface area contributed by atoms with Crippen LogP contribution in [0.5, 0.6) is 5.75 Å². The van der Waals surface area contributed by atoms with Gasteiger partial charge in [-0.15, -0.1) is 0 Å². The standard InChI is InChI=1S/C27H20BrNO4/c1-2-14-32-20-11-8-18(9-12-20)24-23-25(30)21-15-19(28)10-13-22(21)33-26(23)27(31)29(24)16-17-6-4-3-5-7-17/h2-13,15,24H,1,14,16H2. The Hall–Kier alpha value is -3.64. The van der Waals surface area contributed by atoms with Gasteiger partial charge in [-0.1, -0.05) is 71.0 Å². The van der Waals surface area contributed by atoms with Crippen LogP contribution in [0.4, 0.5) is 0 Å². The topological polar surface area (TPSA) is 59.8 Å². The van der Waals surface area contributed by atoms with Crippen molar-refractivity contribution in [3.05, 3.63) is 123 Å². The summed E-state index contributed by atoms with van der Waals surface area (Å²) in [6.07, 6.45) is 1.68. The third-order valence-corrected chi connectivity index (χ3v) is 6.18. The van der Waals surface area contributed by atoms with Crippen LogP contribution in [0.25, 0.3) is 11.0 Å². The Morgan fingerprint density at radius 3 is 2.52 bits per heavy atom. The number of carbonyl (C=O) groups excluding carboxylic acids is 1. The minimum atomic E-state index is -0.569. The smallest absolute Gasteiger partial charge is 0.291 e. The fourth-order valence-electron chi connectivity index (χ4n) is 4.18. The van der Waals surface area contributed by atoms with Crippen molar-refractivity contribution < 1.29 is 13.9 Å². The highest BCUT2D eigenvalue weighted by atomic mass is 79.9. The fraction of sp³-hybridized carbons (Fsp3) is 0.111. The van der Waals surface area contributed by atoms with E-state index < -0.39 is 6.04 Å². The number of nitrogens with zero attached hydrogens (tertiary/aromatic N) is 1. The normalized spacial score (nSPS) is 15.0. The van der Waals surface area contributed by atoms with Crippen molar-refractivity contribution in [2.45, 2.75) is 12.6 Å². The van der Waals surface area contributed by atoms with Crippen molar-refractivity contribution in [2.24, 2.45) is 0 Å². The molecule has 0 saturated heterocycles. The molecule has 0 aliphatic carbocycles. The number of hydrogen-bond donors (Lipinski definition) is 0. The molecule has 5 rings (SSSR count). The van der Waals surface area contributed by atoms with E-state index in [0.29, 0.717) is 35.4 Å². The van der Waals surface area contributed by atoms with Crippen LogP contribution in [0.15, 0.2) is 99.1 Å². The Morgan fingerprint density at radius 1 is 1.03 bits per heavy atom. The number of benzene rings is 3. The Labute approximate surface area is 199 Å². The van der Waals surface area contributed by atoms with Crippen molar-refractivity contribution in [1.82, 2.24) is 4.90 Å². The van der Waals surface area contributed by atoms with Crippen molar-refractivity contribution in [2.75, 3.05) is 6.61 Å². The first-order chi connectivity index (χ1) is 16.1. The Morgan fingerprint density at radius 2 is 1.79 bits per heavy atom. The second-order valence-corrected chi connectivity index (χ2v) is 8.72. The maximum Gasteiger partial charge on any atom is 0.291 e. The molecule has 5 nitrogen and oxygen atoms in total. The second-order valence-electron chi connectivity index (χ2n) is 7.80. The van der Waals surface area contributed by atoms with Gasteiger partial charge in [0.25, 0.3) is 5.91 Å². The van der Waals surface area contributed by atoms with E-state index in [4.69, 9.17) is 9.15 Å². The average molecular weight is 502 g/mol. The molecule has 0 radical (unpaired) electrons. The van der Waals surface area contributed by atoms with Crippen LogP contribution in [0, 0.1) is 0 Å². The van der Waals surface area contributed by atoms with E-state index >= 15 is 0 Å². The third-order valence-electron chi connectivity index (χ3n) is 5.69. The molecular formula is C27H20BrNO4. The van der Waals surface area contributed by atoms with Crippen LogP contribution < -0.4 is 10.2 Å². The monoisotopic (exact) mass is 501 g/mol. The summed E-state index contributed by atoms with van der Waals surface area (Å²) < 4.78 is 12.4. The fourth-order valence-corrected chi connectivity index (χ4v) is 4.54. The SMILES string of the molecule is C=CCOc1ccc(C2c3c(oc4ccc(Br)cc4c3=O)C(=O)N2Cc2ccccc2)cc1. The third kappa shape index (κ3) is 3.87. The minimum Gasteiger partial charge on any atom is -0.490 e. The van der Waals surface area contributed by atoms with Gasteiger partial charge in [-0.2, -0.15) is 0 Å². The summed E-state index contributed by atoms with van der Waals surface area (Å²) in [6.45, 7) is 4.41. The van der Waals surface area contributed by atoms with E-state index in [1.807, 2.05) is 54.6 Å². The van der Waals surface area contributed by atoms with Gasteiger partial charge in [-0.05, 0) is 41.5 Å². The number of amides is 1. The van der Waals surface area contributed by atoms with E-state index in [9.17, 15) is 9.59 Å². The molecule has 0 saturated carbocycles. The lowest BCUT2D eigenvalue weighted by Crippen LogP contribution is -2.29. The Kier molecular flexibility index (Phi) is 5.60. The van der Waals surface area contributed by atoms with Crippen LogP contribution in [0.2, 0.25) is 0 Å². The molecule has 2 heterocycles. The zero-order valence-corrected chi connectivity index (χ0v) is 19.2. The molecule has 1 amide bonds. The summed E-state index contributed by atoms with van der Waals surface area (Å²) in [5.74, 6) is 0.489. The summed E-state index contributed by atoms with van der Waals surface area (Å²) in [7, 11) is 0. The largest absolute Gasteiger partial charge is 0.490 e. The van der Waals surface area contributed by atoms with Crippen LogP contribution in [0.1, 0.15) is 33.3 Å². The van der Waals surface area contributed by atoms with E-state index in [0.717, 1.165) is 15.6 Å². The van der Waals surface area contributed by atoms with Gasteiger partial charge in [-0.25, -0.2) is 0 Å². The molecule has 0 fully saturated rings. The zero-order chi connectivity index (χ0) is 22.9. The molecule has 4 aromatic rings. The summed E-state index contributed by atoms with van der Waals surface area (Å²) in [5.41, 5.74) is 2.33. The zero-order valence-electron chi connectivity index (χ0n) is 17.7. The highest BCUT2D eigenvalue weighted by Crippen LogP contribution is 2.39. The van der Waals surface area contributed by atoms with Crippen LogP contribution in [-0.2, 0) is 6.54 Å². The van der Waals surface area contributed by atoms with Gasteiger partial charge >= 0.3 is 0 Å². The van der Waals surface area contributed by atoms with E-state index in [-0.39, 0.29) is 17.1 Å². The predicted octanol–water partition coefficient (Wildman–Crippen LogP) is 5.87. The first-order valence-corrected chi connectivity index (χ1v) is 11.3. The van der Waals surface area contributed by atoms with E-state index in [1.165, 1.54) is 0 Å². The Bertz CT molecular complexity index is 1410. The van der Waals surface area contributed by atoms with Crippen LogP contribution in [-0.4, -0.2) is 17.4 Å². The van der Waals surface area contributed by atoms with Crippen LogP contribution >= 0.6 is 15.9 Å². The van der Waals surface area contributed by atoms with Crippen molar-refractivity contribution in [1.29, 1.82) is 0 Å². The maximum atomic E-state index is 13.6. The van der Waals surface area contributed by atoms with Crippen molar-refractivity contribution in [3.8, 4) is 5.75 Å².